The highest BCUT2D eigenvalue weighted by Crippen LogP contribution is 2.54. The van der Waals surface area contributed by atoms with E-state index < -0.39 is 22.9 Å². The number of esters is 1. The Hall–Kier alpha value is -2.55. The number of ether oxygens (including phenoxy) is 2. The van der Waals surface area contributed by atoms with E-state index in [-0.39, 0.29) is 18.4 Å². The van der Waals surface area contributed by atoms with E-state index in [2.05, 4.69) is 6.07 Å². The average molecular weight is 370 g/mol. The van der Waals surface area contributed by atoms with Gasteiger partial charge in [0.25, 0.3) is 0 Å². The lowest BCUT2D eigenvalue weighted by molar-refractivity contribution is -0.163. The lowest BCUT2D eigenvalue weighted by atomic mass is 9.74. The van der Waals surface area contributed by atoms with E-state index in [1.54, 1.807) is 32.8 Å². The molecule has 1 heterocycles. The molecule has 3 rings (SSSR count). The van der Waals surface area contributed by atoms with Crippen LogP contribution in [-0.4, -0.2) is 36.0 Å². The Kier molecular flexibility index (Phi) is 4.90. The van der Waals surface area contributed by atoms with Gasteiger partial charge in [0.2, 0.25) is 5.91 Å². The number of likely N-dealkylation sites (tertiary alicyclic amines) is 1. The number of benzene rings is 1. The molecule has 1 amide bonds. The summed E-state index contributed by atoms with van der Waals surface area (Å²) in [7, 11) is 1.60. The summed E-state index contributed by atoms with van der Waals surface area (Å²) in [6.45, 7) is 5.95. The number of carbonyl (C=O) groups excluding carboxylic acids is 2. The summed E-state index contributed by atoms with van der Waals surface area (Å²) in [4.78, 5) is 27.7. The van der Waals surface area contributed by atoms with E-state index >= 15 is 0 Å². The second-order valence-corrected chi connectivity index (χ2v) is 8.37. The molecular weight excluding hydrogens is 344 g/mol. The number of nitriles is 1. The second kappa shape index (κ2) is 6.88. The summed E-state index contributed by atoms with van der Waals surface area (Å²) >= 11 is 0. The zero-order valence-electron chi connectivity index (χ0n) is 16.3. The molecule has 0 N–H and O–H groups in total. The smallest absolute Gasteiger partial charge is 0.313 e. The van der Waals surface area contributed by atoms with Gasteiger partial charge in [0, 0.05) is 13.1 Å². The molecule has 6 nitrogen and oxygen atoms in total. The first-order valence-electron chi connectivity index (χ1n) is 9.27. The van der Waals surface area contributed by atoms with Crippen LogP contribution in [0.5, 0.6) is 5.75 Å². The van der Waals surface area contributed by atoms with E-state index in [4.69, 9.17) is 9.47 Å². The summed E-state index contributed by atoms with van der Waals surface area (Å²) in [5.41, 5.74) is -1.03. The summed E-state index contributed by atoms with van der Waals surface area (Å²) in [5.74, 6) is -0.781. The van der Waals surface area contributed by atoms with Crippen molar-refractivity contribution in [1.29, 1.82) is 5.26 Å². The van der Waals surface area contributed by atoms with Crippen molar-refractivity contribution in [3.05, 3.63) is 29.8 Å². The maximum Gasteiger partial charge on any atom is 0.313 e. The number of hydrogen-bond acceptors (Lipinski definition) is 5. The third-order valence-electron chi connectivity index (χ3n) is 5.22. The van der Waals surface area contributed by atoms with Crippen molar-refractivity contribution in [2.45, 2.75) is 45.8 Å². The van der Waals surface area contributed by atoms with Gasteiger partial charge in [-0.2, -0.15) is 5.26 Å². The van der Waals surface area contributed by atoms with Crippen LogP contribution in [0.3, 0.4) is 0 Å². The first-order chi connectivity index (χ1) is 12.7. The minimum atomic E-state index is -1.30. The fraction of sp³-hybridized carbons (Fsp3) is 0.571. The molecule has 1 unspecified atom stereocenters. The molecular formula is C21H26N2O4. The van der Waals surface area contributed by atoms with Gasteiger partial charge < -0.3 is 14.4 Å². The standard InChI is InChI=1S/C21H26N2O4/c1-20(2,3)27-18(24)17-12-23(11-14-5-9-16(26-4)10-6-14)19(25)21(17,13-22)15-7-8-15/h5-6,9-10,15,17H,7-8,11-12H2,1-4H3/t17?,21-/m0/s1. The van der Waals surface area contributed by atoms with Crippen LogP contribution >= 0.6 is 0 Å². The first kappa shape index (κ1) is 19.2. The SMILES string of the molecule is COc1ccc(CN2CC(C(=O)OC(C)(C)C)[C@](C#N)(C3CC3)C2=O)cc1. The lowest BCUT2D eigenvalue weighted by Crippen LogP contribution is -2.42. The Bertz CT molecular complexity index is 771. The van der Waals surface area contributed by atoms with Gasteiger partial charge in [-0.05, 0) is 57.2 Å². The van der Waals surface area contributed by atoms with Gasteiger partial charge in [0.1, 0.15) is 17.3 Å². The normalized spacial score (nSPS) is 25.2. The largest absolute Gasteiger partial charge is 0.497 e. The topological polar surface area (TPSA) is 79.6 Å². The Labute approximate surface area is 160 Å². The molecule has 6 heteroatoms. The van der Waals surface area contributed by atoms with E-state index in [9.17, 15) is 14.9 Å². The molecule has 1 aromatic rings. The zero-order valence-corrected chi connectivity index (χ0v) is 16.3. The fourth-order valence-electron chi connectivity index (χ4n) is 3.79. The molecule has 1 aliphatic heterocycles. The van der Waals surface area contributed by atoms with Crippen molar-refractivity contribution in [2.75, 3.05) is 13.7 Å². The van der Waals surface area contributed by atoms with E-state index in [0.717, 1.165) is 24.2 Å². The van der Waals surface area contributed by atoms with Gasteiger partial charge in [-0.25, -0.2) is 0 Å². The highest BCUT2D eigenvalue weighted by molar-refractivity contribution is 5.95. The molecule has 1 aliphatic carbocycles. The summed E-state index contributed by atoms with van der Waals surface area (Å²) in [6.07, 6.45) is 1.60. The Morgan fingerprint density at radius 1 is 1.30 bits per heavy atom. The number of rotatable bonds is 5. The van der Waals surface area contributed by atoms with E-state index in [1.165, 1.54) is 0 Å². The van der Waals surface area contributed by atoms with Crippen LogP contribution in [-0.2, 0) is 20.9 Å². The highest BCUT2D eigenvalue weighted by atomic mass is 16.6. The minimum absolute atomic E-state index is 0.0617. The molecule has 0 aromatic heterocycles. The number of nitrogens with zero attached hydrogens (tertiary/aromatic N) is 2. The monoisotopic (exact) mass is 370 g/mol. The van der Waals surface area contributed by atoms with Crippen molar-refractivity contribution in [1.82, 2.24) is 4.90 Å². The predicted molar refractivity (Wildman–Crippen MR) is 98.5 cm³/mol. The minimum Gasteiger partial charge on any atom is -0.497 e. The van der Waals surface area contributed by atoms with Crippen LogP contribution in [0.4, 0.5) is 0 Å². The van der Waals surface area contributed by atoms with Crippen molar-refractivity contribution < 1.29 is 19.1 Å². The summed E-state index contributed by atoms with van der Waals surface area (Å²) < 4.78 is 10.7. The molecule has 2 fully saturated rings. The van der Waals surface area contributed by atoms with Crippen LogP contribution in [0, 0.1) is 28.6 Å². The molecule has 27 heavy (non-hydrogen) atoms. The fourth-order valence-corrected chi connectivity index (χ4v) is 3.79. The molecule has 0 spiro atoms. The average Bonchev–Trinajstić information content (AvgIpc) is 3.41. The van der Waals surface area contributed by atoms with Gasteiger partial charge in [-0.15, -0.1) is 0 Å². The molecule has 2 atom stereocenters. The van der Waals surface area contributed by atoms with Crippen LogP contribution in [0.2, 0.25) is 0 Å². The highest BCUT2D eigenvalue weighted by Gasteiger charge is 2.65. The quantitative estimate of drug-likeness (QED) is 0.745. The maximum atomic E-state index is 13.2. The third kappa shape index (κ3) is 3.64. The van der Waals surface area contributed by atoms with Crippen LogP contribution in [0.1, 0.15) is 39.2 Å². The molecule has 0 bridgehead atoms. The molecule has 1 saturated heterocycles. The van der Waals surface area contributed by atoms with Crippen LogP contribution in [0.15, 0.2) is 24.3 Å². The van der Waals surface area contributed by atoms with E-state index in [1.807, 2.05) is 24.3 Å². The van der Waals surface area contributed by atoms with Crippen molar-refractivity contribution in [3.8, 4) is 11.8 Å². The van der Waals surface area contributed by atoms with Crippen molar-refractivity contribution in [2.24, 2.45) is 17.3 Å². The Balaban J connectivity index is 1.86. The van der Waals surface area contributed by atoms with Crippen LogP contribution in [0.25, 0.3) is 0 Å². The number of carbonyl (C=O) groups is 2. The number of methoxy groups -OCH3 is 1. The van der Waals surface area contributed by atoms with Crippen LogP contribution < -0.4 is 4.74 Å². The van der Waals surface area contributed by atoms with Crippen molar-refractivity contribution in [3.63, 3.8) is 0 Å². The Morgan fingerprint density at radius 2 is 1.93 bits per heavy atom. The molecule has 1 aromatic carbocycles. The summed E-state index contributed by atoms with van der Waals surface area (Å²) in [6, 6.07) is 9.67. The van der Waals surface area contributed by atoms with E-state index in [0.29, 0.717) is 6.54 Å². The molecule has 0 radical (unpaired) electrons. The van der Waals surface area contributed by atoms with Crippen molar-refractivity contribution >= 4 is 11.9 Å². The van der Waals surface area contributed by atoms with Gasteiger partial charge in [0.15, 0.2) is 5.41 Å². The Morgan fingerprint density at radius 3 is 2.41 bits per heavy atom. The molecule has 2 aliphatic rings. The predicted octanol–water partition coefficient (Wildman–Crippen LogP) is 2.92. The second-order valence-electron chi connectivity index (χ2n) is 8.37. The zero-order chi connectivity index (χ0) is 19.8. The first-order valence-corrected chi connectivity index (χ1v) is 9.27. The summed E-state index contributed by atoms with van der Waals surface area (Å²) in [5, 5.41) is 9.95. The lowest BCUT2D eigenvalue weighted by Gasteiger charge is -2.27. The number of amides is 1. The molecule has 144 valence electrons. The van der Waals surface area contributed by atoms with Gasteiger partial charge in [-0.3, -0.25) is 9.59 Å². The third-order valence-corrected chi connectivity index (χ3v) is 5.22. The van der Waals surface area contributed by atoms with Gasteiger partial charge in [0.05, 0.1) is 13.2 Å². The van der Waals surface area contributed by atoms with Gasteiger partial charge >= 0.3 is 5.97 Å². The number of hydrogen-bond donors (Lipinski definition) is 0. The van der Waals surface area contributed by atoms with Gasteiger partial charge in [-0.1, -0.05) is 12.1 Å². The molecule has 1 saturated carbocycles. The maximum absolute atomic E-state index is 13.2.